The molecule has 1 heterocycles. The molecule has 3 nitrogen and oxygen atoms in total. The van der Waals surface area contributed by atoms with E-state index < -0.39 is 11.6 Å². The van der Waals surface area contributed by atoms with Crippen molar-refractivity contribution in [3.63, 3.8) is 0 Å². The van der Waals surface area contributed by atoms with Gasteiger partial charge in [-0.05, 0) is 49.8 Å². The Hall–Kier alpha value is -3.18. The quantitative estimate of drug-likeness (QED) is 0.323. The molecule has 0 saturated heterocycles. The first kappa shape index (κ1) is 22.5. The summed E-state index contributed by atoms with van der Waals surface area (Å²) in [5.41, 5.74) is 3.10. The van der Waals surface area contributed by atoms with Crippen molar-refractivity contribution in [1.29, 1.82) is 0 Å². The number of unbranched alkanes of at least 4 members (excludes halogenated alkanes) is 1. The molecule has 0 amide bonds. The first-order valence-electron chi connectivity index (χ1n) is 10.3. The Bertz CT molecular complexity index is 1040. The van der Waals surface area contributed by atoms with Crippen LogP contribution in [0.5, 0.6) is 0 Å². The van der Waals surface area contributed by atoms with Crippen molar-refractivity contribution in [3.05, 3.63) is 90.3 Å². The Morgan fingerprint density at radius 2 is 1.71 bits per heavy atom. The lowest BCUT2D eigenvalue weighted by Gasteiger charge is -2.07. The van der Waals surface area contributed by atoms with Crippen LogP contribution >= 0.6 is 0 Å². The van der Waals surface area contributed by atoms with Gasteiger partial charge >= 0.3 is 0 Å². The molecule has 3 aromatic rings. The number of aliphatic hydroxyl groups excluding tert-OH is 1. The van der Waals surface area contributed by atoms with Crippen molar-refractivity contribution in [2.45, 2.75) is 38.7 Å². The summed E-state index contributed by atoms with van der Waals surface area (Å²) in [6.07, 6.45) is 11.0. The van der Waals surface area contributed by atoms with Crippen LogP contribution in [0.25, 0.3) is 28.6 Å². The zero-order valence-corrected chi connectivity index (χ0v) is 17.6. The first-order valence-corrected chi connectivity index (χ1v) is 10.3. The number of benzene rings is 2. The number of rotatable bonds is 9. The predicted octanol–water partition coefficient (Wildman–Crippen LogP) is 6.38. The van der Waals surface area contributed by atoms with E-state index in [4.69, 9.17) is 0 Å². The molecule has 0 aliphatic heterocycles. The van der Waals surface area contributed by atoms with Gasteiger partial charge in [-0.3, -0.25) is 0 Å². The second-order valence-corrected chi connectivity index (χ2v) is 7.50. The second-order valence-electron chi connectivity index (χ2n) is 7.50. The van der Waals surface area contributed by atoms with Crippen LogP contribution in [0.3, 0.4) is 0 Å². The molecular formula is C26H26F2N2O. The summed E-state index contributed by atoms with van der Waals surface area (Å²) < 4.78 is 29.1. The molecule has 1 N–H and O–H groups in total. The predicted molar refractivity (Wildman–Crippen MR) is 121 cm³/mol. The van der Waals surface area contributed by atoms with Gasteiger partial charge in [-0.1, -0.05) is 48.6 Å². The summed E-state index contributed by atoms with van der Waals surface area (Å²) in [7, 11) is 0. The molecule has 1 atom stereocenters. The summed E-state index contributed by atoms with van der Waals surface area (Å²) in [4.78, 5) is 8.49. The normalized spacial score (nSPS) is 12.3. The number of hydrogen-bond donors (Lipinski definition) is 1. The molecule has 0 aliphatic carbocycles. The highest BCUT2D eigenvalue weighted by molar-refractivity contribution is 5.65. The molecule has 160 valence electrons. The van der Waals surface area contributed by atoms with Crippen LogP contribution in [0, 0.1) is 11.6 Å². The molecular weight excluding hydrogens is 394 g/mol. The molecule has 0 aliphatic rings. The number of nitrogens with zero attached hydrogens (tertiary/aromatic N) is 2. The summed E-state index contributed by atoms with van der Waals surface area (Å²) in [6, 6.07) is 11.0. The number of aliphatic hydroxyl groups is 1. The van der Waals surface area contributed by atoms with Crippen LogP contribution in [0.2, 0.25) is 0 Å². The average molecular weight is 421 g/mol. The van der Waals surface area contributed by atoms with Gasteiger partial charge < -0.3 is 5.11 Å². The van der Waals surface area contributed by atoms with Gasteiger partial charge in [-0.25, -0.2) is 18.7 Å². The maximum atomic E-state index is 14.6. The maximum absolute atomic E-state index is 14.6. The SMILES string of the molecule is C=CCc1ccc(-c2cnc(-c3ccc(/C=C/CCCC(C)O)c(F)c3F)nc2)cc1. The molecule has 0 bridgehead atoms. The number of allylic oxidation sites excluding steroid dienone is 2. The third kappa shape index (κ3) is 5.92. The molecule has 31 heavy (non-hydrogen) atoms. The lowest BCUT2D eigenvalue weighted by atomic mass is 10.0. The van der Waals surface area contributed by atoms with Gasteiger partial charge in [-0.2, -0.15) is 0 Å². The standard InChI is InChI=1S/C26H26F2N2O/c1-3-7-19-10-12-20(13-11-19)22-16-29-26(30-17-22)23-15-14-21(24(27)25(23)28)9-6-4-5-8-18(2)31/h3,6,9-18,31H,1,4-5,7-8H2,2H3/b9-6+. The molecule has 0 fully saturated rings. The topological polar surface area (TPSA) is 46.0 Å². The minimum absolute atomic E-state index is 0.0247. The molecule has 1 unspecified atom stereocenters. The highest BCUT2D eigenvalue weighted by Crippen LogP contribution is 2.26. The summed E-state index contributed by atoms with van der Waals surface area (Å²) in [5, 5.41) is 9.25. The van der Waals surface area contributed by atoms with E-state index in [0.29, 0.717) is 12.8 Å². The molecule has 2 aromatic carbocycles. The summed E-state index contributed by atoms with van der Waals surface area (Å²) >= 11 is 0. The van der Waals surface area contributed by atoms with Gasteiger partial charge in [-0.15, -0.1) is 6.58 Å². The number of hydrogen-bond acceptors (Lipinski definition) is 3. The third-order valence-electron chi connectivity index (χ3n) is 4.96. The van der Waals surface area contributed by atoms with Crippen LogP contribution in [-0.4, -0.2) is 21.2 Å². The number of halogens is 2. The van der Waals surface area contributed by atoms with Crippen molar-refractivity contribution in [3.8, 4) is 22.5 Å². The first-order chi connectivity index (χ1) is 15.0. The van der Waals surface area contributed by atoms with Crippen LogP contribution < -0.4 is 0 Å². The van der Waals surface area contributed by atoms with Crippen LogP contribution in [-0.2, 0) is 6.42 Å². The zero-order valence-electron chi connectivity index (χ0n) is 17.6. The van der Waals surface area contributed by atoms with Crippen molar-refractivity contribution >= 4 is 6.08 Å². The Kier molecular flexibility index (Phi) is 7.79. The Morgan fingerprint density at radius 3 is 2.35 bits per heavy atom. The molecule has 3 rings (SSSR count). The second kappa shape index (κ2) is 10.7. The van der Waals surface area contributed by atoms with E-state index in [2.05, 4.69) is 16.5 Å². The molecule has 1 aromatic heterocycles. The van der Waals surface area contributed by atoms with Crippen molar-refractivity contribution in [2.75, 3.05) is 0 Å². The van der Waals surface area contributed by atoms with Crippen LogP contribution in [0.4, 0.5) is 8.78 Å². The van der Waals surface area contributed by atoms with Crippen LogP contribution in [0.1, 0.15) is 37.3 Å². The fourth-order valence-corrected chi connectivity index (χ4v) is 3.22. The smallest absolute Gasteiger partial charge is 0.170 e. The van der Waals surface area contributed by atoms with E-state index in [9.17, 15) is 13.9 Å². The Morgan fingerprint density at radius 1 is 1.00 bits per heavy atom. The molecule has 5 heteroatoms. The van der Waals surface area contributed by atoms with E-state index in [1.165, 1.54) is 12.1 Å². The lowest BCUT2D eigenvalue weighted by molar-refractivity contribution is 0.182. The monoisotopic (exact) mass is 420 g/mol. The average Bonchev–Trinajstić information content (AvgIpc) is 2.77. The van der Waals surface area contributed by atoms with Gasteiger partial charge in [0.05, 0.1) is 11.7 Å². The Balaban J connectivity index is 1.74. The third-order valence-corrected chi connectivity index (χ3v) is 4.96. The lowest BCUT2D eigenvalue weighted by Crippen LogP contribution is -1.98. The van der Waals surface area contributed by atoms with Crippen molar-refractivity contribution < 1.29 is 13.9 Å². The minimum atomic E-state index is -0.965. The molecule has 0 saturated carbocycles. The highest BCUT2D eigenvalue weighted by Gasteiger charge is 2.15. The fraction of sp³-hybridized carbons (Fsp3) is 0.231. The van der Waals surface area contributed by atoms with E-state index in [1.54, 1.807) is 31.5 Å². The number of aromatic nitrogens is 2. The zero-order chi connectivity index (χ0) is 22.2. The van der Waals surface area contributed by atoms with E-state index in [-0.39, 0.29) is 23.1 Å². The van der Waals surface area contributed by atoms with Gasteiger partial charge in [0.1, 0.15) is 0 Å². The van der Waals surface area contributed by atoms with E-state index >= 15 is 0 Å². The largest absolute Gasteiger partial charge is 0.393 e. The van der Waals surface area contributed by atoms with Gasteiger partial charge in [0.2, 0.25) is 0 Å². The van der Waals surface area contributed by atoms with E-state index in [1.807, 2.05) is 30.3 Å². The fourth-order valence-electron chi connectivity index (χ4n) is 3.22. The maximum Gasteiger partial charge on any atom is 0.170 e. The van der Waals surface area contributed by atoms with Gasteiger partial charge in [0.15, 0.2) is 17.5 Å². The van der Waals surface area contributed by atoms with Gasteiger partial charge in [0.25, 0.3) is 0 Å². The minimum Gasteiger partial charge on any atom is -0.393 e. The summed E-state index contributed by atoms with van der Waals surface area (Å²) in [5.74, 6) is -1.75. The van der Waals surface area contributed by atoms with Gasteiger partial charge in [0, 0.05) is 23.5 Å². The Labute approximate surface area is 181 Å². The van der Waals surface area contributed by atoms with E-state index in [0.717, 1.165) is 29.5 Å². The highest BCUT2D eigenvalue weighted by atomic mass is 19.2. The summed E-state index contributed by atoms with van der Waals surface area (Å²) in [6.45, 7) is 5.46. The van der Waals surface area contributed by atoms with Crippen LogP contribution in [0.15, 0.2) is 67.5 Å². The molecule has 0 spiro atoms. The molecule has 0 radical (unpaired) electrons. The van der Waals surface area contributed by atoms with Crippen molar-refractivity contribution in [2.24, 2.45) is 0 Å². The van der Waals surface area contributed by atoms with Crippen molar-refractivity contribution in [1.82, 2.24) is 9.97 Å².